The maximum absolute atomic E-state index is 12.1. The van der Waals surface area contributed by atoms with E-state index in [1.165, 1.54) is 12.1 Å². The highest BCUT2D eigenvalue weighted by atomic mass is 32.2. The highest BCUT2D eigenvalue weighted by Crippen LogP contribution is 2.20. The Kier molecular flexibility index (Phi) is 6.98. The zero-order valence-electron chi connectivity index (χ0n) is 15.8. The Morgan fingerprint density at radius 2 is 1.39 bits per heavy atom. The minimum Gasteiger partial charge on any atom is -0.369 e. The van der Waals surface area contributed by atoms with E-state index < -0.39 is 10.1 Å². The lowest BCUT2D eigenvalue weighted by Crippen LogP contribution is -2.09. The molecule has 0 saturated heterocycles. The topological polar surface area (TPSA) is 52.6 Å². The van der Waals surface area contributed by atoms with Gasteiger partial charge in [0.1, 0.15) is 0 Å². The molecule has 0 aliphatic rings. The summed E-state index contributed by atoms with van der Waals surface area (Å²) in [5.41, 5.74) is 3.24. The van der Waals surface area contributed by atoms with Crippen molar-refractivity contribution in [3.8, 4) is 0 Å². The molecule has 0 heterocycles. The molecule has 0 spiro atoms. The summed E-state index contributed by atoms with van der Waals surface area (Å²) in [5.74, 6) is 0. The van der Waals surface area contributed by atoms with Gasteiger partial charge in [-0.1, -0.05) is 72.8 Å². The zero-order chi connectivity index (χ0) is 19.8. The molecule has 0 saturated carbocycles. The third-order valence-corrected chi connectivity index (χ3v) is 5.78. The number of rotatable bonds is 9. The van der Waals surface area contributed by atoms with Crippen molar-refractivity contribution in [1.82, 2.24) is 0 Å². The van der Waals surface area contributed by atoms with E-state index in [9.17, 15) is 8.42 Å². The molecule has 0 amide bonds. The van der Waals surface area contributed by atoms with Crippen molar-refractivity contribution in [2.75, 3.05) is 6.61 Å². The van der Waals surface area contributed by atoms with Crippen molar-refractivity contribution in [3.63, 3.8) is 0 Å². The van der Waals surface area contributed by atoms with E-state index in [1.54, 1.807) is 18.2 Å². The quantitative estimate of drug-likeness (QED) is 0.482. The first-order valence-electron chi connectivity index (χ1n) is 9.23. The van der Waals surface area contributed by atoms with E-state index >= 15 is 0 Å². The highest BCUT2D eigenvalue weighted by Gasteiger charge is 2.14. The standard InChI is InChI=1S/C23H24O4S/c1-19(26-18-21-8-4-2-5-9-21)22-14-12-20(13-15-22)16-17-27-28(24,25)23-10-6-3-7-11-23/h2-15,19H,16-18H2,1H3. The molecule has 3 rings (SSSR count). The van der Waals surface area contributed by atoms with Crippen molar-refractivity contribution < 1.29 is 17.3 Å². The second kappa shape index (κ2) is 9.64. The molecule has 5 heteroatoms. The van der Waals surface area contributed by atoms with E-state index in [-0.39, 0.29) is 17.6 Å². The predicted octanol–water partition coefficient (Wildman–Crippen LogP) is 4.91. The van der Waals surface area contributed by atoms with Crippen molar-refractivity contribution in [1.29, 1.82) is 0 Å². The summed E-state index contributed by atoms with van der Waals surface area (Å²) in [7, 11) is -3.71. The van der Waals surface area contributed by atoms with Crippen LogP contribution in [0.5, 0.6) is 0 Å². The van der Waals surface area contributed by atoms with Crippen molar-refractivity contribution in [2.24, 2.45) is 0 Å². The van der Waals surface area contributed by atoms with Crippen LogP contribution in [-0.2, 0) is 32.1 Å². The smallest absolute Gasteiger partial charge is 0.296 e. The molecule has 28 heavy (non-hydrogen) atoms. The number of ether oxygens (including phenoxy) is 1. The number of hydrogen-bond donors (Lipinski definition) is 0. The Labute approximate surface area is 166 Å². The maximum atomic E-state index is 12.1. The van der Waals surface area contributed by atoms with Gasteiger partial charge in [-0.3, -0.25) is 4.18 Å². The summed E-state index contributed by atoms with van der Waals surface area (Å²) in [6.45, 7) is 2.69. The average molecular weight is 397 g/mol. The SMILES string of the molecule is CC(OCc1ccccc1)c1ccc(CCOS(=O)(=O)c2ccccc2)cc1. The second-order valence-electron chi connectivity index (χ2n) is 6.52. The summed E-state index contributed by atoms with van der Waals surface area (Å²) in [6.07, 6.45) is 0.495. The minimum absolute atomic E-state index is 0.0241. The maximum Gasteiger partial charge on any atom is 0.296 e. The Bertz CT molecular complexity index is 953. The van der Waals surface area contributed by atoms with E-state index in [2.05, 4.69) is 0 Å². The molecule has 0 aliphatic carbocycles. The lowest BCUT2D eigenvalue weighted by atomic mass is 10.1. The van der Waals surface area contributed by atoms with Crippen LogP contribution in [0.4, 0.5) is 0 Å². The van der Waals surface area contributed by atoms with Gasteiger partial charge in [0.05, 0.1) is 24.2 Å². The van der Waals surface area contributed by atoms with Crippen LogP contribution in [0.25, 0.3) is 0 Å². The summed E-state index contributed by atoms with van der Waals surface area (Å²) >= 11 is 0. The van der Waals surface area contributed by atoms with Gasteiger partial charge >= 0.3 is 0 Å². The van der Waals surface area contributed by atoms with E-state index in [1.807, 2.05) is 61.5 Å². The van der Waals surface area contributed by atoms with Crippen molar-refractivity contribution in [3.05, 3.63) is 102 Å². The van der Waals surface area contributed by atoms with Gasteiger partial charge in [0, 0.05) is 0 Å². The van der Waals surface area contributed by atoms with E-state index in [4.69, 9.17) is 8.92 Å². The van der Waals surface area contributed by atoms with Crippen LogP contribution in [0.3, 0.4) is 0 Å². The molecular formula is C23H24O4S. The third-order valence-electron chi connectivity index (χ3n) is 4.45. The Morgan fingerprint density at radius 3 is 2.04 bits per heavy atom. The highest BCUT2D eigenvalue weighted by molar-refractivity contribution is 7.86. The van der Waals surface area contributed by atoms with Gasteiger partial charge in [0.25, 0.3) is 10.1 Å². The number of benzene rings is 3. The molecular weight excluding hydrogens is 372 g/mol. The fourth-order valence-corrected chi connectivity index (χ4v) is 3.70. The summed E-state index contributed by atoms with van der Waals surface area (Å²) in [6, 6.07) is 26.2. The Hall–Kier alpha value is -2.47. The normalized spacial score (nSPS) is 12.6. The summed E-state index contributed by atoms with van der Waals surface area (Å²) < 4.78 is 35.3. The molecule has 1 atom stereocenters. The fourth-order valence-electron chi connectivity index (χ4n) is 2.77. The van der Waals surface area contributed by atoms with Gasteiger partial charge in [-0.25, -0.2) is 0 Å². The molecule has 146 valence electrons. The molecule has 0 N–H and O–H groups in total. The molecule has 0 aromatic heterocycles. The fraction of sp³-hybridized carbons (Fsp3) is 0.217. The minimum atomic E-state index is -3.71. The third kappa shape index (κ3) is 5.76. The molecule has 0 aliphatic heterocycles. The lowest BCUT2D eigenvalue weighted by molar-refractivity contribution is 0.0525. The molecule has 0 fully saturated rings. The first-order chi connectivity index (χ1) is 13.5. The molecule has 0 bridgehead atoms. The van der Waals surface area contributed by atoms with Gasteiger partial charge in [-0.15, -0.1) is 0 Å². The van der Waals surface area contributed by atoms with Gasteiger partial charge in [0.2, 0.25) is 0 Å². The van der Waals surface area contributed by atoms with E-state index in [0.29, 0.717) is 13.0 Å². The molecule has 0 radical (unpaired) electrons. The molecule has 1 unspecified atom stereocenters. The van der Waals surface area contributed by atoms with Gasteiger partial charge in [-0.2, -0.15) is 8.42 Å². The molecule has 4 nitrogen and oxygen atoms in total. The van der Waals surface area contributed by atoms with Crippen LogP contribution >= 0.6 is 0 Å². The van der Waals surface area contributed by atoms with Crippen LogP contribution in [0.2, 0.25) is 0 Å². The predicted molar refractivity (Wildman–Crippen MR) is 109 cm³/mol. The Morgan fingerprint density at radius 1 is 0.786 bits per heavy atom. The first-order valence-corrected chi connectivity index (χ1v) is 10.6. The summed E-state index contributed by atoms with van der Waals surface area (Å²) in [4.78, 5) is 0.176. The molecule has 3 aromatic carbocycles. The monoisotopic (exact) mass is 396 g/mol. The number of hydrogen-bond acceptors (Lipinski definition) is 4. The van der Waals surface area contributed by atoms with Crippen LogP contribution in [0.15, 0.2) is 89.8 Å². The first kappa shape index (κ1) is 20.3. The Balaban J connectivity index is 1.49. The largest absolute Gasteiger partial charge is 0.369 e. The van der Waals surface area contributed by atoms with Gasteiger partial charge in [0.15, 0.2) is 0 Å². The van der Waals surface area contributed by atoms with Gasteiger partial charge in [-0.05, 0) is 42.2 Å². The van der Waals surface area contributed by atoms with E-state index in [0.717, 1.165) is 16.7 Å². The van der Waals surface area contributed by atoms with Gasteiger partial charge < -0.3 is 4.74 Å². The lowest BCUT2D eigenvalue weighted by Gasteiger charge is -2.14. The van der Waals surface area contributed by atoms with Crippen LogP contribution in [-0.4, -0.2) is 15.0 Å². The average Bonchev–Trinajstić information content (AvgIpc) is 2.74. The van der Waals surface area contributed by atoms with Crippen molar-refractivity contribution >= 4 is 10.1 Å². The second-order valence-corrected chi connectivity index (χ2v) is 8.13. The van der Waals surface area contributed by atoms with Crippen LogP contribution in [0.1, 0.15) is 29.7 Å². The van der Waals surface area contributed by atoms with Crippen LogP contribution in [0, 0.1) is 0 Å². The van der Waals surface area contributed by atoms with Crippen molar-refractivity contribution in [2.45, 2.75) is 31.0 Å². The summed E-state index contributed by atoms with van der Waals surface area (Å²) in [5, 5.41) is 0. The molecule has 3 aromatic rings. The van der Waals surface area contributed by atoms with Crippen LogP contribution < -0.4 is 0 Å². The zero-order valence-corrected chi connectivity index (χ0v) is 16.6.